The Hall–Kier alpha value is -1.55. The van der Waals surface area contributed by atoms with Gasteiger partial charge >= 0.3 is 6.03 Å². The second-order valence-corrected chi connectivity index (χ2v) is 6.66. The number of amides is 2. The van der Waals surface area contributed by atoms with Crippen LogP contribution in [-0.2, 0) is 0 Å². The predicted molar refractivity (Wildman–Crippen MR) is 85.3 cm³/mol. The number of hydrogen-bond acceptors (Lipinski definition) is 2. The zero-order valence-electron chi connectivity index (χ0n) is 13.5. The number of rotatable bonds is 4. The Kier molecular flexibility index (Phi) is 4.28. The van der Waals surface area contributed by atoms with Gasteiger partial charge in [0.2, 0.25) is 0 Å². The zero-order valence-corrected chi connectivity index (χ0v) is 13.5. The van der Waals surface area contributed by atoms with Crippen molar-refractivity contribution < 1.29 is 9.90 Å². The number of anilines is 1. The van der Waals surface area contributed by atoms with E-state index in [0.29, 0.717) is 6.42 Å². The van der Waals surface area contributed by atoms with Crippen LogP contribution in [0.2, 0.25) is 0 Å². The van der Waals surface area contributed by atoms with Gasteiger partial charge in [-0.25, -0.2) is 4.79 Å². The van der Waals surface area contributed by atoms with Crippen LogP contribution in [0.15, 0.2) is 30.3 Å². The van der Waals surface area contributed by atoms with Gasteiger partial charge in [0.15, 0.2) is 0 Å². The van der Waals surface area contributed by atoms with Crippen LogP contribution in [0.1, 0.15) is 47.0 Å². The first-order valence-electron chi connectivity index (χ1n) is 7.69. The van der Waals surface area contributed by atoms with Gasteiger partial charge in [-0.15, -0.1) is 0 Å². The van der Waals surface area contributed by atoms with Crippen molar-refractivity contribution >= 4 is 11.7 Å². The van der Waals surface area contributed by atoms with Crippen molar-refractivity contribution in [1.82, 2.24) is 4.90 Å². The Labute approximate surface area is 127 Å². The molecule has 2 amide bonds. The van der Waals surface area contributed by atoms with Crippen molar-refractivity contribution in [3.8, 4) is 0 Å². The summed E-state index contributed by atoms with van der Waals surface area (Å²) in [6.45, 7) is 8.61. The summed E-state index contributed by atoms with van der Waals surface area (Å²) in [5.74, 6) is 0. The summed E-state index contributed by atoms with van der Waals surface area (Å²) in [5.41, 5.74) is -0.782. The van der Waals surface area contributed by atoms with Crippen LogP contribution >= 0.6 is 0 Å². The second-order valence-electron chi connectivity index (χ2n) is 6.66. The van der Waals surface area contributed by atoms with Gasteiger partial charge in [0, 0.05) is 24.2 Å². The Morgan fingerprint density at radius 3 is 2.38 bits per heavy atom. The van der Waals surface area contributed by atoms with Crippen LogP contribution in [-0.4, -0.2) is 33.8 Å². The number of urea groups is 1. The van der Waals surface area contributed by atoms with E-state index in [2.05, 4.69) is 6.92 Å². The number of nitrogens with zero attached hydrogens (tertiary/aromatic N) is 2. The number of unbranched alkanes of at least 4 members (excludes halogenated alkanes) is 1. The largest absolute Gasteiger partial charge is 0.371 e. The van der Waals surface area contributed by atoms with E-state index < -0.39 is 5.72 Å². The van der Waals surface area contributed by atoms with Gasteiger partial charge < -0.3 is 10.0 Å². The molecule has 0 unspecified atom stereocenters. The molecule has 21 heavy (non-hydrogen) atoms. The summed E-state index contributed by atoms with van der Waals surface area (Å²) in [6, 6.07) is 9.29. The minimum Gasteiger partial charge on any atom is -0.371 e. The molecule has 4 nitrogen and oxygen atoms in total. The Morgan fingerprint density at radius 2 is 1.81 bits per heavy atom. The minimum absolute atomic E-state index is 0.115. The van der Waals surface area contributed by atoms with E-state index in [1.54, 1.807) is 6.92 Å². The molecule has 0 aromatic heterocycles. The van der Waals surface area contributed by atoms with E-state index >= 15 is 0 Å². The van der Waals surface area contributed by atoms with Crippen LogP contribution in [0.4, 0.5) is 10.5 Å². The van der Waals surface area contributed by atoms with Crippen molar-refractivity contribution in [2.45, 2.75) is 58.2 Å². The van der Waals surface area contributed by atoms with Gasteiger partial charge in [-0.3, -0.25) is 4.90 Å². The van der Waals surface area contributed by atoms with Gasteiger partial charge in [-0.1, -0.05) is 31.5 Å². The maximum Gasteiger partial charge on any atom is 0.327 e. The molecule has 1 aliphatic heterocycles. The van der Waals surface area contributed by atoms with Crippen LogP contribution < -0.4 is 4.90 Å². The van der Waals surface area contributed by atoms with Crippen molar-refractivity contribution in [1.29, 1.82) is 0 Å². The van der Waals surface area contributed by atoms with Gasteiger partial charge in [0.25, 0.3) is 0 Å². The van der Waals surface area contributed by atoms with Crippen LogP contribution in [0.5, 0.6) is 0 Å². The molecule has 4 heteroatoms. The number of para-hydroxylation sites is 1. The summed E-state index contributed by atoms with van der Waals surface area (Å²) in [5, 5.41) is 10.8. The number of carbonyl (C=O) groups excluding carboxylic acids is 1. The van der Waals surface area contributed by atoms with Crippen molar-refractivity contribution in [2.75, 3.05) is 11.4 Å². The lowest BCUT2D eigenvalue weighted by molar-refractivity contribution is -0.0255. The molecule has 1 N–H and O–H groups in total. The molecule has 0 radical (unpaired) electrons. The lowest BCUT2D eigenvalue weighted by Crippen LogP contribution is -2.68. The number of aliphatic hydroxyl groups is 1. The van der Waals surface area contributed by atoms with E-state index in [1.165, 1.54) is 4.90 Å². The first-order chi connectivity index (χ1) is 9.79. The molecule has 116 valence electrons. The Morgan fingerprint density at radius 1 is 1.19 bits per heavy atom. The topological polar surface area (TPSA) is 43.8 Å². The molecule has 0 aliphatic carbocycles. The molecular weight excluding hydrogens is 264 g/mol. The summed E-state index contributed by atoms with van der Waals surface area (Å²) in [4.78, 5) is 16.4. The maximum atomic E-state index is 13.0. The molecule has 1 saturated heterocycles. The Bertz CT molecular complexity index is 497. The monoisotopic (exact) mass is 290 g/mol. The molecular formula is C17H26N2O2. The van der Waals surface area contributed by atoms with Crippen LogP contribution in [0.3, 0.4) is 0 Å². The van der Waals surface area contributed by atoms with Gasteiger partial charge in [0.05, 0.1) is 0 Å². The second kappa shape index (κ2) is 5.68. The smallest absolute Gasteiger partial charge is 0.327 e. The van der Waals surface area contributed by atoms with E-state index in [-0.39, 0.29) is 11.6 Å². The molecule has 0 spiro atoms. The molecule has 1 atom stereocenters. The van der Waals surface area contributed by atoms with Gasteiger partial charge in [-0.05, 0) is 39.3 Å². The van der Waals surface area contributed by atoms with E-state index in [0.717, 1.165) is 25.1 Å². The highest BCUT2D eigenvalue weighted by atomic mass is 16.3. The molecule has 1 aliphatic rings. The molecule has 0 saturated carbocycles. The molecule has 1 fully saturated rings. The van der Waals surface area contributed by atoms with Crippen molar-refractivity contribution in [3.05, 3.63) is 30.3 Å². The number of benzene rings is 1. The van der Waals surface area contributed by atoms with E-state index in [1.807, 2.05) is 49.1 Å². The third-order valence-corrected chi connectivity index (χ3v) is 4.15. The SMILES string of the molecule is CCCCN1C(=O)N(c2ccccc2)[C@](C)(O)CC1(C)C. The number of carbonyl (C=O) groups is 1. The summed E-state index contributed by atoms with van der Waals surface area (Å²) < 4.78 is 0. The zero-order chi connectivity index (χ0) is 15.7. The fourth-order valence-corrected chi connectivity index (χ4v) is 3.26. The third kappa shape index (κ3) is 3.05. The summed E-state index contributed by atoms with van der Waals surface area (Å²) in [6.07, 6.45) is 2.53. The Balaban J connectivity index is 2.38. The average Bonchev–Trinajstić information content (AvgIpc) is 2.37. The molecule has 0 bridgehead atoms. The lowest BCUT2D eigenvalue weighted by atomic mass is 9.87. The predicted octanol–water partition coefficient (Wildman–Crippen LogP) is 3.61. The maximum absolute atomic E-state index is 13.0. The van der Waals surface area contributed by atoms with Crippen LogP contribution in [0.25, 0.3) is 0 Å². The average molecular weight is 290 g/mol. The van der Waals surface area contributed by atoms with E-state index in [9.17, 15) is 9.90 Å². The fourth-order valence-electron chi connectivity index (χ4n) is 3.26. The standard InChI is InChI=1S/C17H26N2O2/c1-5-6-12-18-15(20)19(14-10-8-7-9-11-14)17(4,21)13-16(18,2)3/h7-11,21H,5-6,12-13H2,1-4H3/t17-/m1/s1. The summed E-state index contributed by atoms with van der Waals surface area (Å²) in [7, 11) is 0. The first kappa shape index (κ1) is 15.8. The minimum atomic E-state index is -1.18. The van der Waals surface area contributed by atoms with Crippen LogP contribution in [0, 0.1) is 0 Å². The highest BCUT2D eigenvalue weighted by Crippen LogP contribution is 2.38. The van der Waals surface area contributed by atoms with Gasteiger partial charge in [-0.2, -0.15) is 0 Å². The quantitative estimate of drug-likeness (QED) is 0.920. The normalized spacial score (nSPS) is 25.3. The number of hydrogen-bond donors (Lipinski definition) is 1. The first-order valence-corrected chi connectivity index (χ1v) is 7.69. The molecule has 1 heterocycles. The molecule has 1 aromatic carbocycles. The van der Waals surface area contributed by atoms with Crippen molar-refractivity contribution in [3.63, 3.8) is 0 Å². The van der Waals surface area contributed by atoms with Crippen molar-refractivity contribution in [2.24, 2.45) is 0 Å². The third-order valence-electron chi connectivity index (χ3n) is 4.15. The highest BCUT2D eigenvalue weighted by Gasteiger charge is 2.50. The lowest BCUT2D eigenvalue weighted by Gasteiger charge is -2.53. The van der Waals surface area contributed by atoms with Gasteiger partial charge in [0.1, 0.15) is 5.72 Å². The highest BCUT2D eigenvalue weighted by molar-refractivity contribution is 5.94. The van der Waals surface area contributed by atoms with E-state index in [4.69, 9.17) is 0 Å². The molecule has 2 rings (SSSR count). The summed E-state index contributed by atoms with van der Waals surface area (Å²) >= 11 is 0. The fraction of sp³-hybridized carbons (Fsp3) is 0.588. The molecule has 1 aromatic rings.